The number of piperidine rings is 1. The van der Waals surface area contributed by atoms with Crippen LogP contribution in [0.15, 0.2) is 40.9 Å². The molecule has 0 aliphatic carbocycles. The van der Waals surface area contributed by atoms with Crippen LogP contribution in [0.3, 0.4) is 0 Å². The van der Waals surface area contributed by atoms with Gasteiger partial charge in [0.25, 0.3) is 0 Å². The van der Waals surface area contributed by atoms with Gasteiger partial charge in [0.2, 0.25) is 11.8 Å². The van der Waals surface area contributed by atoms with Crippen molar-refractivity contribution in [1.82, 2.24) is 15.2 Å². The van der Waals surface area contributed by atoms with Gasteiger partial charge < -0.3 is 14.6 Å². The summed E-state index contributed by atoms with van der Waals surface area (Å²) in [6.45, 7) is 3.81. The largest absolute Gasteiger partial charge is 0.438 e. The summed E-state index contributed by atoms with van der Waals surface area (Å²) in [7, 11) is 2.10. The number of nitrogens with one attached hydrogen (secondary N) is 1. The van der Waals surface area contributed by atoms with E-state index in [9.17, 15) is 9.59 Å². The van der Waals surface area contributed by atoms with E-state index in [0.29, 0.717) is 30.3 Å². The molecule has 1 amide bonds. The van der Waals surface area contributed by atoms with E-state index in [1.165, 1.54) is 0 Å². The molecule has 168 valence electrons. The fourth-order valence-corrected chi connectivity index (χ4v) is 4.03. The molecule has 1 aliphatic rings. The van der Waals surface area contributed by atoms with E-state index in [0.717, 1.165) is 57.2 Å². The summed E-state index contributed by atoms with van der Waals surface area (Å²) < 4.78 is 6.06. The normalized spacial score (nSPS) is 16.2. The summed E-state index contributed by atoms with van der Waals surface area (Å²) in [5.74, 6) is 1.72. The zero-order chi connectivity index (χ0) is 22.1. The Morgan fingerprint density at radius 2 is 1.90 bits per heavy atom. The molecule has 3 rings (SSSR count). The molecular weight excluding hydrogens is 390 g/mol. The van der Waals surface area contributed by atoms with Crippen LogP contribution in [0.25, 0.3) is 11.3 Å². The lowest BCUT2D eigenvalue weighted by molar-refractivity contribution is -0.127. The first-order valence-electron chi connectivity index (χ1n) is 11.6. The van der Waals surface area contributed by atoms with E-state index in [1.54, 1.807) is 6.20 Å². The number of hydrogen-bond donors (Lipinski definition) is 1. The van der Waals surface area contributed by atoms with Gasteiger partial charge in [-0.2, -0.15) is 0 Å². The highest BCUT2D eigenvalue weighted by Gasteiger charge is 2.27. The van der Waals surface area contributed by atoms with Crippen LogP contribution in [0.4, 0.5) is 0 Å². The Morgan fingerprint density at radius 1 is 1.16 bits per heavy atom. The zero-order valence-corrected chi connectivity index (χ0v) is 18.8. The molecule has 1 atom stereocenters. The van der Waals surface area contributed by atoms with Crippen LogP contribution in [0.2, 0.25) is 0 Å². The molecule has 0 bridgehead atoms. The summed E-state index contributed by atoms with van der Waals surface area (Å²) in [4.78, 5) is 31.2. The molecular formula is C25H35N3O3. The number of amides is 1. The van der Waals surface area contributed by atoms with Gasteiger partial charge in [0.1, 0.15) is 11.8 Å². The van der Waals surface area contributed by atoms with E-state index in [-0.39, 0.29) is 17.9 Å². The van der Waals surface area contributed by atoms with Gasteiger partial charge in [-0.25, -0.2) is 4.98 Å². The van der Waals surface area contributed by atoms with Crippen LogP contribution in [0.1, 0.15) is 70.2 Å². The van der Waals surface area contributed by atoms with Crippen LogP contribution >= 0.6 is 0 Å². The van der Waals surface area contributed by atoms with E-state index in [4.69, 9.17) is 4.42 Å². The number of hydrogen-bond acceptors (Lipinski definition) is 5. The summed E-state index contributed by atoms with van der Waals surface area (Å²) in [5, 5.41) is 3.21. The van der Waals surface area contributed by atoms with Crippen molar-refractivity contribution in [3.05, 3.63) is 42.4 Å². The molecule has 1 aliphatic heterocycles. The van der Waals surface area contributed by atoms with Crippen LogP contribution in [0, 0.1) is 5.92 Å². The standard InChI is InChI=1S/C25H35N3O3/c1-3-21(29)12-8-5-9-13-22(27-24(30)20-14-16-28(2)17-15-20)25-26-18-23(31-25)19-10-6-4-7-11-19/h4,6-7,10-11,18,20,22H,3,5,8-9,12-17H2,1-2H3,(H,27,30). The van der Waals surface area contributed by atoms with Gasteiger partial charge in [-0.1, -0.05) is 50.1 Å². The molecule has 1 unspecified atom stereocenters. The number of carbonyl (C=O) groups is 2. The maximum Gasteiger partial charge on any atom is 0.223 e. The Hall–Kier alpha value is -2.47. The lowest BCUT2D eigenvalue weighted by Gasteiger charge is -2.29. The first kappa shape index (κ1) is 23.2. The third kappa shape index (κ3) is 7.03. The molecule has 1 aromatic heterocycles. The summed E-state index contributed by atoms with van der Waals surface area (Å²) >= 11 is 0. The predicted molar refractivity (Wildman–Crippen MR) is 121 cm³/mol. The highest BCUT2D eigenvalue weighted by Crippen LogP contribution is 2.27. The van der Waals surface area contributed by atoms with Crippen LogP contribution in [-0.2, 0) is 9.59 Å². The maximum atomic E-state index is 12.9. The van der Waals surface area contributed by atoms with Crippen molar-refractivity contribution in [3.8, 4) is 11.3 Å². The van der Waals surface area contributed by atoms with Crippen molar-refractivity contribution >= 4 is 11.7 Å². The van der Waals surface area contributed by atoms with Gasteiger partial charge in [-0.3, -0.25) is 9.59 Å². The number of carbonyl (C=O) groups excluding carboxylic acids is 2. The average Bonchev–Trinajstić information content (AvgIpc) is 3.29. The Kier molecular flexibility index (Phi) is 8.83. The van der Waals surface area contributed by atoms with Gasteiger partial charge in [0.05, 0.1) is 6.20 Å². The third-order valence-corrected chi connectivity index (χ3v) is 6.13. The zero-order valence-electron chi connectivity index (χ0n) is 18.8. The molecule has 31 heavy (non-hydrogen) atoms. The quantitative estimate of drug-likeness (QED) is 0.525. The lowest BCUT2D eigenvalue weighted by Crippen LogP contribution is -2.40. The fraction of sp³-hybridized carbons (Fsp3) is 0.560. The number of oxazole rings is 1. The van der Waals surface area contributed by atoms with Gasteiger partial charge in [-0.15, -0.1) is 0 Å². The fourth-order valence-electron chi connectivity index (χ4n) is 4.03. The van der Waals surface area contributed by atoms with Crippen molar-refractivity contribution in [2.24, 2.45) is 5.92 Å². The Bertz CT molecular complexity index is 826. The monoisotopic (exact) mass is 425 g/mol. The lowest BCUT2D eigenvalue weighted by atomic mass is 9.95. The molecule has 2 heterocycles. The van der Waals surface area contributed by atoms with Crippen molar-refractivity contribution in [2.45, 2.75) is 64.3 Å². The second-order valence-electron chi connectivity index (χ2n) is 8.56. The first-order valence-corrected chi connectivity index (χ1v) is 11.6. The molecule has 6 nitrogen and oxygen atoms in total. The summed E-state index contributed by atoms with van der Waals surface area (Å²) in [6.07, 6.45) is 8.27. The average molecular weight is 426 g/mol. The van der Waals surface area contributed by atoms with Crippen molar-refractivity contribution in [2.75, 3.05) is 20.1 Å². The number of aromatic nitrogens is 1. The highest BCUT2D eigenvalue weighted by atomic mass is 16.4. The van der Waals surface area contributed by atoms with Crippen LogP contribution in [-0.4, -0.2) is 41.7 Å². The third-order valence-electron chi connectivity index (χ3n) is 6.13. The second kappa shape index (κ2) is 11.8. The number of nitrogens with zero attached hydrogens (tertiary/aromatic N) is 2. The molecule has 6 heteroatoms. The van der Waals surface area contributed by atoms with Crippen LogP contribution in [0.5, 0.6) is 0 Å². The van der Waals surface area contributed by atoms with E-state index in [2.05, 4.69) is 22.2 Å². The summed E-state index contributed by atoms with van der Waals surface area (Å²) in [6, 6.07) is 9.63. The minimum absolute atomic E-state index is 0.0458. The predicted octanol–water partition coefficient (Wildman–Crippen LogP) is 4.77. The number of benzene rings is 1. The Morgan fingerprint density at radius 3 is 2.61 bits per heavy atom. The molecule has 1 fully saturated rings. The highest BCUT2D eigenvalue weighted by molar-refractivity contribution is 5.79. The van der Waals surface area contributed by atoms with Gasteiger partial charge >= 0.3 is 0 Å². The molecule has 0 spiro atoms. The molecule has 2 aromatic rings. The Balaban J connectivity index is 1.63. The van der Waals surface area contributed by atoms with E-state index < -0.39 is 0 Å². The topological polar surface area (TPSA) is 75.4 Å². The van der Waals surface area contributed by atoms with Crippen LogP contribution < -0.4 is 5.32 Å². The van der Waals surface area contributed by atoms with Gasteiger partial charge in [-0.05, 0) is 45.8 Å². The minimum Gasteiger partial charge on any atom is -0.438 e. The SMILES string of the molecule is CCC(=O)CCCCCC(NC(=O)C1CCN(C)CC1)c1ncc(-c2ccccc2)o1. The second-order valence-corrected chi connectivity index (χ2v) is 8.56. The van der Waals surface area contributed by atoms with Crippen molar-refractivity contribution in [3.63, 3.8) is 0 Å². The number of likely N-dealkylation sites (tertiary alicyclic amines) is 1. The minimum atomic E-state index is -0.244. The molecule has 1 N–H and O–H groups in total. The smallest absolute Gasteiger partial charge is 0.223 e. The maximum absolute atomic E-state index is 12.9. The number of rotatable bonds is 11. The van der Waals surface area contributed by atoms with Crippen molar-refractivity contribution < 1.29 is 14.0 Å². The van der Waals surface area contributed by atoms with Gasteiger partial charge in [0, 0.05) is 24.3 Å². The number of Topliss-reactive ketones (excluding diaryl/α,β-unsaturated/α-hetero) is 1. The van der Waals surface area contributed by atoms with E-state index in [1.807, 2.05) is 37.3 Å². The van der Waals surface area contributed by atoms with Gasteiger partial charge in [0.15, 0.2) is 5.76 Å². The summed E-state index contributed by atoms with van der Waals surface area (Å²) in [5.41, 5.74) is 0.972. The molecule has 0 saturated carbocycles. The molecule has 1 aromatic carbocycles. The van der Waals surface area contributed by atoms with Crippen molar-refractivity contribution in [1.29, 1.82) is 0 Å². The Labute approximate surface area is 185 Å². The van der Waals surface area contributed by atoms with E-state index >= 15 is 0 Å². The molecule has 0 radical (unpaired) electrons. The first-order chi connectivity index (χ1) is 15.1. The molecule has 1 saturated heterocycles. The number of unbranched alkanes of at least 4 members (excludes halogenated alkanes) is 2. The number of ketones is 1.